The van der Waals surface area contributed by atoms with Crippen LogP contribution in [0.1, 0.15) is 5.69 Å². The van der Waals surface area contributed by atoms with Gasteiger partial charge in [0.2, 0.25) is 0 Å². The van der Waals surface area contributed by atoms with Crippen molar-refractivity contribution in [1.82, 2.24) is 4.98 Å². The quantitative estimate of drug-likeness (QED) is 0.892. The molecule has 72 valence electrons. The Morgan fingerprint density at radius 1 is 1.46 bits per heavy atom. The molecule has 0 fully saturated rings. The Morgan fingerprint density at radius 3 is 2.62 bits per heavy atom. The molecule has 0 aliphatic carbocycles. The first-order valence-corrected chi connectivity index (χ1v) is 4.51. The average Bonchev–Trinajstić information content (AvgIpc) is 2.09. The molecule has 0 unspecified atom stereocenters. The predicted octanol–water partition coefficient (Wildman–Crippen LogP) is 1.98. The Hall–Kier alpha value is -0.550. The molecule has 0 spiro atoms. The van der Waals surface area contributed by atoms with Gasteiger partial charge in [-0.15, -0.1) is 0 Å². The van der Waals surface area contributed by atoms with Gasteiger partial charge in [-0.2, -0.15) is 0 Å². The van der Waals surface area contributed by atoms with Crippen LogP contribution in [-0.2, 0) is 6.42 Å². The van der Waals surface area contributed by atoms with Crippen LogP contribution in [0.5, 0.6) is 0 Å². The lowest BCUT2D eigenvalue weighted by Gasteiger charge is -2.12. The van der Waals surface area contributed by atoms with Crippen molar-refractivity contribution in [3.8, 4) is 0 Å². The molecule has 2 N–H and O–H groups in total. The van der Waals surface area contributed by atoms with Crippen molar-refractivity contribution < 1.29 is 8.78 Å². The third-order valence-corrected chi connectivity index (χ3v) is 2.00. The standard InChI is InChI=1S/C8H9BrF2N2/c9-6-1-2-7(13-4-6)3-8(10,11)5-12/h1-2,4H,3,5,12H2. The van der Waals surface area contributed by atoms with Crippen molar-refractivity contribution in [2.45, 2.75) is 12.3 Å². The lowest BCUT2D eigenvalue weighted by Crippen LogP contribution is -2.30. The zero-order valence-corrected chi connectivity index (χ0v) is 8.39. The monoisotopic (exact) mass is 250 g/mol. The first kappa shape index (κ1) is 10.5. The summed E-state index contributed by atoms with van der Waals surface area (Å²) in [7, 11) is 0. The molecule has 0 saturated carbocycles. The van der Waals surface area contributed by atoms with E-state index in [1.165, 1.54) is 6.20 Å². The number of alkyl halides is 2. The maximum atomic E-state index is 12.8. The summed E-state index contributed by atoms with van der Waals surface area (Å²) in [6, 6.07) is 3.22. The molecular formula is C8H9BrF2N2. The fraction of sp³-hybridized carbons (Fsp3) is 0.375. The Bertz CT molecular complexity index is 274. The summed E-state index contributed by atoms with van der Waals surface area (Å²) in [6.45, 7) is -0.648. The van der Waals surface area contributed by atoms with Crippen molar-refractivity contribution in [3.05, 3.63) is 28.5 Å². The molecule has 0 aliphatic rings. The molecule has 0 bridgehead atoms. The van der Waals surface area contributed by atoms with Crippen molar-refractivity contribution in [2.24, 2.45) is 5.73 Å². The normalized spacial score (nSPS) is 11.7. The van der Waals surface area contributed by atoms with E-state index >= 15 is 0 Å². The molecule has 5 heteroatoms. The molecule has 13 heavy (non-hydrogen) atoms. The van der Waals surface area contributed by atoms with Crippen LogP contribution in [-0.4, -0.2) is 17.5 Å². The van der Waals surface area contributed by atoms with Crippen LogP contribution in [0.3, 0.4) is 0 Å². The summed E-state index contributed by atoms with van der Waals surface area (Å²) in [5.74, 6) is -2.86. The van der Waals surface area contributed by atoms with Gasteiger partial charge in [0.1, 0.15) is 0 Å². The van der Waals surface area contributed by atoms with Crippen molar-refractivity contribution in [1.29, 1.82) is 0 Å². The maximum Gasteiger partial charge on any atom is 0.265 e. The van der Waals surface area contributed by atoms with Gasteiger partial charge >= 0.3 is 0 Å². The number of halogens is 3. The largest absolute Gasteiger partial charge is 0.325 e. The van der Waals surface area contributed by atoms with Gasteiger partial charge in [-0.25, -0.2) is 8.78 Å². The van der Waals surface area contributed by atoms with Crippen LogP contribution in [0.15, 0.2) is 22.8 Å². The predicted molar refractivity (Wildman–Crippen MR) is 49.6 cm³/mol. The van der Waals surface area contributed by atoms with Crippen molar-refractivity contribution in [3.63, 3.8) is 0 Å². The molecule has 0 aliphatic heterocycles. The second-order valence-electron chi connectivity index (χ2n) is 2.70. The minimum absolute atomic E-state index is 0.346. The Labute approximate surface area is 83.3 Å². The lowest BCUT2D eigenvalue weighted by atomic mass is 10.2. The first-order chi connectivity index (χ1) is 6.03. The number of nitrogens with two attached hydrogens (primary N) is 1. The number of nitrogens with zero attached hydrogens (tertiary/aromatic N) is 1. The number of aromatic nitrogens is 1. The third kappa shape index (κ3) is 3.36. The summed E-state index contributed by atoms with van der Waals surface area (Å²) in [4.78, 5) is 3.83. The van der Waals surface area contributed by atoms with Gasteiger partial charge in [-0.1, -0.05) is 0 Å². The molecule has 0 aromatic carbocycles. The summed E-state index contributed by atoms with van der Waals surface area (Å²) >= 11 is 3.17. The van der Waals surface area contributed by atoms with Gasteiger partial charge in [0.15, 0.2) is 0 Å². The number of hydrogen-bond acceptors (Lipinski definition) is 2. The van der Waals surface area contributed by atoms with Crippen LogP contribution in [0, 0.1) is 0 Å². The fourth-order valence-electron chi connectivity index (χ4n) is 0.848. The van der Waals surface area contributed by atoms with Crippen molar-refractivity contribution in [2.75, 3.05) is 6.54 Å². The van der Waals surface area contributed by atoms with Crippen LogP contribution in [0.4, 0.5) is 8.78 Å². The van der Waals surface area contributed by atoms with E-state index in [1.807, 2.05) is 0 Å². The molecular weight excluding hydrogens is 242 g/mol. The molecule has 1 rings (SSSR count). The van der Waals surface area contributed by atoms with E-state index in [0.29, 0.717) is 5.69 Å². The smallest absolute Gasteiger partial charge is 0.265 e. The lowest BCUT2D eigenvalue weighted by molar-refractivity contribution is 0.0105. The molecule has 1 aromatic rings. The van der Waals surface area contributed by atoms with Gasteiger partial charge in [0.05, 0.1) is 13.0 Å². The molecule has 0 saturated heterocycles. The second-order valence-corrected chi connectivity index (χ2v) is 3.62. The van der Waals surface area contributed by atoms with Crippen molar-refractivity contribution >= 4 is 15.9 Å². The zero-order valence-electron chi connectivity index (χ0n) is 6.80. The Kier molecular flexibility index (Phi) is 3.33. The van der Waals surface area contributed by atoms with Crippen LogP contribution in [0.25, 0.3) is 0 Å². The molecule has 1 heterocycles. The maximum absolute atomic E-state index is 12.8. The van der Waals surface area contributed by atoms with Crippen LogP contribution in [0.2, 0.25) is 0 Å². The Balaban J connectivity index is 2.69. The molecule has 1 aromatic heterocycles. The number of rotatable bonds is 3. The topological polar surface area (TPSA) is 38.9 Å². The summed E-state index contributed by atoms with van der Waals surface area (Å²) in [6.07, 6.45) is 1.08. The van der Waals surface area contributed by atoms with E-state index in [1.54, 1.807) is 12.1 Å². The SMILES string of the molecule is NCC(F)(F)Cc1ccc(Br)cn1. The molecule has 0 radical (unpaired) electrons. The summed E-state index contributed by atoms with van der Waals surface area (Å²) in [5, 5.41) is 0. The first-order valence-electron chi connectivity index (χ1n) is 3.72. The molecule has 2 nitrogen and oxygen atoms in total. The van der Waals surface area contributed by atoms with Gasteiger partial charge in [-0.05, 0) is 28.1 Å². The van der Waals surface area contributed by atoms with Crippen LogP contribution < -0.4 is 5.73 Å². The minimum atomic E-state index is -2.86. The minimum Gasteiger partial charge on any atom is -0.325 e. The van der Waals surface area contributed by atoms with Gasteiger partial charge < -0.3 is 5.73 Å². The zero-order chi connectivity index (χ0) is 9.90. The summed E-state index contributed by atoms with van der Waals surface area (Å²) < 4.78 is 26.3. The van der Waals surface area contributed by atoms with E-state index in [4.69, 9.17) is 5.73 Å². The van der Waals surface area contributed by atoms with E-state index in [0.717, 1.165) is 4.47 Å². The third-order valence-electron chi connectivity index (χ3n) is 1.53. The van der Waals surface area contributed by atoms with E-state index in [9.17, 15) is 8.78 Å². The highest BCUT2D eigenvalue weighted by atomic mass is 79.9. The highest BCUT2D eigenvalue weighted by molar-refractivity contribution is 9.10. The highest BCUT2D eigenvalue weighted by Gasteiger charge is 2.27. The van der Waals surface area contributed by atoms with E-state index in [2.05, 4.69) is 20.9 Å². The van der Waals surface area contributed by atoms with E-state index in [-0.39, 0.29) is 0 Å². The molecule has 0 amide bonds. The second kappa shape index (κ2) is 4.11. The van der Waals surface area contributed by atoms with E-state index < -0.39 is 18.9 Å². The fourth-order valence-corrected chi connectivity index (χ4v) is 1.08. The highest BCUT2D eigenvalue weighted by Crippen LogP contribution is 2.18. The van der Waals surface area contributed by atoms with Crippen LogP contribution >= 0.6 is 15.9 Å². The number of pyridine rings is 1. The van der Waals surface area contributed by atoms with Gasteiger partial charge in [0.25, 0.3) is 5.92 Å². The average molecular weight is 251 g/mol. The Morgan fingerprint density at radius 2 is 2.15 bits per heavy atom. The molecule has 0 atom stereocenters. The number of hydrogen-bond donors (Lipinski definition) is 1. The summed E-state index contributed by atoms with van der Waals surface area (Å²) in [5.41, 5.74) is 5.24. The van der Waals surface area contributed by atoms with Gasteiger partial charge in [-0.3, -0.25) is 4.98 Å². The van der Waals surface area contributed by atoms with Gasteiger partial charge in [0, 0.05) is 16.4 Å².